The first-order valence-corrected chi connectivity index (χ1v) is 7.19. The predicted molar refractivity (Wildman–Crippen MR) is 77.7 cm³/mol. The number of rotatable bonds is 5. The van der Waals surface area contributed by atoms with Crippen molar-refractivity contribution in [3.63, 3.8) is 0 Å². The van der Waals surface area contributed by atoms with Crippen LogP contribution in [0.1, 0.15) is 49.8 Å². The summed E-state index contributed by atoms with van der Waals surface area (Å²) in [6.07, 6.45) is 4.16. The topological polar surface area (TPSA) is 81.7 Å². The highest BCUT2D eigenvalue weighted by atomic mass is 15.3. The lowest BCUT2D eigenvalue weighted by Gasteiger charge is -2.09. The van der Waals surface area contributed by atoms with Crippen molar-refractivity contribution < 1.29 is 0 Å². The summed E-state index contributed by atoms with van der Waals surface area (Å²) in [5.74, 6) is 8.31. The van der Waals surface area contributed by atoms with Crippen LogP contribution in [0.2, 0.25) is 0 Å². The zero-order valence-corrected chi connectivity index (χ0v) is 11.9. The summed E-state index contributed by atoms with van der Waals surface area (Å²) in [5, 5.41) is 4.62. The molecule has 1 aliphatic carbocycles. The molecule has 106 valence electrons. The van der Waals surface area contributed by atoms with E-state index in [4.69, 9.17) is 5.84 Å². The average Bonchev–Trinajstić information content (AvgIpc) is 3.25. The summed E-state index contributed by atoms with van der Waals surface area (Å²) in [4.78, 5) is 9.10. The lowest BCUT2D eigenvalue weighted by molar-refractivity contribution is 0.755. The maximum atomic E-state index is 5.52. The molecular weight excluding hydrogens is 252 g/mol. The third-order valence-electron chi connectivity index (χ3n) is 3.60. The molecule has 3 N–H and O–H groups in total. The van der Waals surface area contributed by atoms with E-state index >= 15 is 0 Å². The van der Waals surface area contributed by atoms with E-state index < -0.39 is 0 Å². The highest BCUT2D eigenvalue weighted by Gasteiger charge is 2.27. The Labute approximate surface area is 118 Å². The molecule has 6 nitrogen and oxygen atoms in total. The summed E-state index contributed by atoms with van der Waals surface area (Å²) in [5.41, 5.74) is 4.86. The van der Waals surface area contributed by atoms with Crippen molar-refractivity contribution in [2.45, 2.75) is 45.4 Å². The molecule has 0 radical (unpaired) electrons. The van der Waals surface area contributed by atoms with Crippen molar-refractivity contribution in [1.29, 1.82) is 0 Å². The van der Waals surface area contributed by atoms with E-state index in [2.05, 4.69) is 40.4 Å². The quantitative estimate of drug-likeness (QED) is 0.642. The average molecular weight is 272 g/mol. The third kappa shape index (κ3) is 2.38. The Bertz CT molecular complexity index is 614. The Morgan fingerprint density at radius 2 is 2.05 bits per heavy atom. The molecule has 6 heteroatoms. The van der Waals surface area contributed by atoms with E-state index in [-0.39, 0.29) is 0 Å². The third-order valence-corrected chi connectivity index (χ3v) is 3.60. The first-order chi connectivity index (χ1) is 9.75. The van der Waals surface area contributed by atoms with Gasteiger partial charge in [0.25, 0.3) is 0 Å². The van der Waals surface area contributed by atoms with Gasteiger partial charge in [-0.1, -0.05) is 13.8 Å². The van der Waals surface area contributed by atoms with Gasteiger partial charge >= 0.3 is 0 Å². The second-order valence-electron chi connectivity index (χ2n) is 5.13. The molecule has 2 heterocycles. The second-order valence-corrected chi connectivity index (χ2v) is 5.13. The monoisotopic (exact) mass is 272 g/mol. The molecule has 2 aromatic heterocycles. The minimum atomic E-state index is 0.480. The number of aromatic nitrogens is 4. The van der Waals surface area contributed by atoms with E-state index in [9.17, 15) is 0 Å². The van der Waals surface area contributed by atoms with Crippen LogP contribution >= 0.6 is 0 Å². The first kappa shape index (κ1) is 13.1. The standard InChI is InChI=1S/C14H20N6/c1-3-10-7-11(4-2)20(19-10)13-8-12(18-15)16-14(17-13)9-5-6-9/h7-9H,3-6,15H2,1-2H3,(H,16,17,18). The molecule has 0 unspecified atom stereocenters. The molecule has 0 aromatic carbocycles. The SMILES string of the molecule is CCc1cc(CC)n(-c2cc(NN)nc(C3CC3)n2)n1. The molecular formula is C14H20N6. The molecule has 0 atom stereocenters. The number of nitrogen functional groups attached to an aromatic ring is 1. The predicted octanol–water partition coefficient (Wildman–Crippen LogP) is 1.95. The number of nitrogens with two attached hydrogens (primary N) is 1. The molecule has 0 amide bonds. The maximum Gasteiger partial charge on any atom is 0.159 e. The van der Waals surface area contributed by atoms with Crippen LogP contribution in [0.5, 0.6) is 0 Å². The van der Waals surface area contributed by atoms with Crippen molar-refractivity contribution in [3.05, 3.63) is 29.3 Å². The van der Waals surface area contributed by atoms with Gasteiger partial charge in [-0.2, -0.15) is 5.10 Å². The second kappa shape index (κ2) is 5.20. The molecule has 0 aliphatic heterocycles. The number of hydrogen-bond acceptors (Lipinski definition) is 5. The van der Waals surface area contributed by atoms with Gasteiger partial charge in [0.2, 0.25) is 0 Å². The Kier molecular flexibility index (Phi) is 3.40. The summed E-state index contributed by atoms with van der Waals surface area (Å²) < 4.78 is 1.91. The summed E-state index contributed by atoms with van der Waals surface area (Å²) in [7, 11) is 0. The van der Waals surface area contributed by atoms with Crippen LogP contribution in [-0.2, 0) is 12.8 Å². The van der Waals surface area contributed by atoms with Gasteiger partial charge in [0, 0.05) is 17.7 Å². The van der Waals surface area contributed by atoms with Gasteiger partial charge in [-0.15, -0.1) is 0 Å². The van der Waals surface area contributed by atoms with Crippen LogP contribution in [0.15, 0.2) is 12.1 Å². The number of nitrogens with one attached hydrogen (secondary N) is 1. The number of hydrogen-bond donors (Lipinski definition) is 2. The minimum absolute atomic E-state index is 0.480. The van der Waals surface area contributed by atoms with Gasteiger partial charge in [0.1, 0.15) is 11.6 Å². The Morgan fingerprint density at radius 1 is 1.25 bits per heavy atom. The zero-order chi connectivity index (χ0) is 14.1. The fraction of sp³-hybridized carbons (Fsp3) is 0.500. The van der Waals surface area contributed by atoms with Gasteiger partial charge < -0.3 is 5.43 Å². The Balaban J connectivity index is 2.08. The smallest absolute Gasteiger partial charge is 0.159 e. The fourth-order valence-electron chi connectivity index (χ4n) is 2.26. The molecule has 0 saturated heterocycles. The van der Waals surface area contributed by atoms with Crippen LogP contribution < -0.4 is 11.3 Å². The van der Waals surface area contributed by atoms with Crippen molar-refractivity contribution in [2.24, 2.45) is 5.84 Å². The van der Waals surface area contributed by atoms with E-state index in [0.29, 0.717) is 11.7 Å². The molecule has 1 fully saturated rings. The van der Waals surface area contributed by atoms with Crippen LogP contribution in [0.25, 0.3) is 5.82 Å². The summed E-state index contributed by atoms with van der Waals surface area (Å²) >= 11 is 0. The largest absolute Gasteiger partial charge is 0.308 e. The van der Waals surface area contributed by atoms with Crippen LogP contribution in [0, 0.1) is 0 Å². The molecule has 3 rings (SSSR count). The van der Waals surface area contributed by atoms with Gasteiger partial charge in [-0.25, -0.2) is 20.5 Å². The Hall–Kier alpha value is -1.95. The molecule has 20 heavy (non-hydrogen) atoms. The number of aryl methyl sites for hydroxylation is 2. The number of hydrazine groups is 1. The van der Waals surface area contributed by atoms with Crippen LogP contribution in [0.4, 0.5) is 5.82 Å². The lowest BCUT2D eigenvalue weighted by Crippen LogP contribution is -2.13. The zero-order valence-electron chi connectivity index (χ0n) is 11.9. The van der Waals surface area contributed by atoms with Gasteiger partial charge in [-0.3, -0.25) is 0 Å². The van der Waals surface area contributed by atoms with Crippen molar-refractivity contribution in [1.82, 2.24) is 19.7 Å². The molecule has 1 aliphatic rings. The van der Waals surface area contributed by atoms with Crippen molar-refractivity contribution in [2.75, 3.05) is 5.43 Å². The van der Waals surface area contributed by atoms with E-state index in [1.165, 1.54) is 0 Å². The highest BCUT2D eigenvalue weighted by Crippen LogP contribution is 2.38. The molecule has 2 aromatic rings. The maximum absolute atomic E-state index is 5.52. The number of nitrogens with zero attached hydrogens (tertiary/aromatic N) is 4. The fourth-order valence-corrected chi connectivity index (χ4v) is 2.26. The minimum Gasteiger partial charge on any atom is -0.308 e. The Morgan fingerprint density at radius 3 is 2.65 bits per heavy atom. The summed E-state index contributed by atoms with van der Waals surface area (Å²) in [6, 6.07) is 3.98. The lowest BCUT2D eigenvalue weighted by atomic mass is 10.2. The van der Waals surface area contributed by atoms with Crippen molar-refractivity contribution >= 4 is 5.82 Å². The van der Waals surface area contributed by atoms with Gasteiger partial charge in [-0.05, 0) is 31.7 Å². The normalized spacial score (nSPS) is 14.6. The van der Waals surface area contributed by atoms with E-state index in [0.717, 1.165) is 48.7 Å². The molecule has 0 bridgehead atoms. The first-order valence-electron chi connectivity index (χ1n) is 7.19. The van der Waals surface area contributed by atoms with E-state index in [1.54, 1.807) is 0 Å². The molecule has 1 saturated carbocycles. The van der Waals surface area contributed by atoms with Gasteiger partial charge in [0.15, 0.2) is 5.82 Å². The molecule has 0 spiro atoms. The van der Waals surface area contributed by atoms with Crippen LogP contribution in [0.3, 0.4) is 0 Å². The van der Waals surface area contributed by atoms with Crippen molar-refractivity contribution in [3.8, 4) is 5.82 Å². The summed E-state index contributed by atoms with van der Waals surface area (Å²) in [6.45, 7) is 4.23. The highest BCUT2D eigenvalue weighted by molar-refractivity contribution is 5.42. The van der Waals surface area contributed by atoms with Crippen LogP contribution in [-0.4, -0.2) is 19.7 Å². The van der Waals surface area contributed by atoms with Gasteiger partial charge in [0.05, 0.1) is 5.69 Å². The van der Waals surface area contributed by atoms with E-state index in [1.807, 2.05) is 10.7 Å². The number of anilines is 1.